The summed E-state index contributed by atoms with van der Waals surface area (Å²) in [5.41, 5.74) is 5.65. The van der Waals surface area contributed by atoms with E-state index in [1.165, 1.54) is 33.0 Å². The van der Waals surface area contributed by atoms with Crippen molar-refractivity contribution in [3.63, 3.8) is 0 Å². The molecule has 20 heavy (non-hydrogen) atoms. The van der Waals surface area contributed by atoms with Gasteiger partial charge in [0.15, 0.2) is 0 Å². The van der Waals surface area contributed by atoms with E-state index in [9.17, 15) is 0 Å². The Labute approximate surface area is 119 Å². The van der Waals surface area contributed by atoms with E-state index in [1.54, 1.807) is 0 Å². The smallest absolute Gasteiger partial charge is 0.0305 e. The van der Waals surface area contributed by atoms with Crippen molar-refractivity contribution in [2.75, 3.05) is 0 Å². The maximum Gasteiger partial charge on any atom is 0.0305 e. The normalized spacial score (nSPS) is 17.1. The van der Waals surface area contributed by atoms with Crippen LogP contribution >= 0.6 is 0 Å². The number of fused-ring (bicyclic) bond motifs is 3. The van der Waals surface area contributed by atoms with Crippen LogP contribution in [0.5, 0.6) is 0 Å². The molecule has 0 nitrogen and oxygen atoms in total. The maximum absolute atomic E-state index is 2.36. The summed E-state index contributed by atoms with van der Waals surface area (Å²) >= 11 is 0. The minimum absolute atomic E-state index is 0.413. The quantitative estimate of drug-likeness (QED) is 0.547. The molecule has 1 aliphatic rings. The third-order valence-electron chi connectivity index (χ3n) is 4.28. The minimum Gasteiger partial charge on any atom is -0.0622 e. The predicted octanol–water partition coefficient (Wildman–Crippen LogP) is 5.39. The molecule has 3 aromatic carbocycles. The minimum atomic E-state index is 0.413. The monoisotopic (exact) mass is 256 g/mol. The summed E-state index contributed by atoms with van der Waals surface area (Å²) in [5.74, 6) is 0.413. The number of allylic oxidation sites excluding steroid dienone is 1. The molecule has 0 heteroatoms. The first-order valence-corrected chi connectivity index (χ1v) is 7.09. The van der Waals surface area contributed by atoms with E-state index < -0.39 is 0 Å². The summed E-state index contributed by atoms with van der Waals surface area (Å²) in [4.78, 5) is 0. The third kappa shape index (κ3) is 1.61. The van der Waals surface area contributed by atoms with Gasteiger partial charge in [-0.1, -0.05) is 78.4 Å². The molecule has 0 aromatic heterocycles. The van der Waals surface area contributed by atoms with Crippen molar-refractivity contribution in [2.24, 2.45) is 0 Å². The molecule has 3 aromatic rings. The van der Waals surface area contributed by atoms with Crippen molar-refractivity contribution in [1.82, 2.24) is 0 Å². The van der Waals surface area contributed by atoms with Crippen LogP contribution in [0.4, 0.5) is 0 Å². The number of rotatable bonds is 1. The molecular formula is C20H16. The van der Waals surface area contributed by atoms with Crippen molar-refractivity contribution < 1.29 is 0 Å². The molecule has 0 fully saturated rings. The SMILES string of the molecule is CC1=Cc2c(ccc3ccccc23)C1c1ccccc1. The topological polar surface area (TPSA) is 0 Å². The van der Waals surface area contributed by atoms with Crippen molar-refractivity contribution in [2.45, 2.75) is 12.8 Å². The van der Waals surface area contributed by atoms with Crippen LogP contribution in [-0.4, -0.2) is 0 Å². The van der Waals surface area contributed by atoms with Crippen molar-refractivity contribution in [3.8, 4) is 0 Å². The largest absolute Gasteiger partial charge is 0.0622 e. The lowest BCUT2D eigenvalue weighted by Crippen LogP contribution is -1.99. The van der Waals surface area contributed by atoms with Crippen molar-refractivity contribution in [1.29, 1.82) is 0 Å². The van der Waals surface area contributed by atoms with Gasteiger partial charge in [0.05, 0.1) is 0 Å². The Hall–Kier alpha value is -2.34. The highest BCUT2D eigenvalue weighted by molar-refractivity contribution is 5.94. The van der Waals surface area contributed by atoms with Gasteiger partial charge in [0.1, 0.15) is 0 Å². The van der Waals surface area contributed by atoms with E-state index in [0.29, 0.717) is 5.92 Å². The average Bonchev–Trinajstić information content (AvgIpc) is 2.84. The lowest BCUT2D eigenvalue weighted by atomic mass is 9.88. The van der Waals surface area contributed by atoms with E-state index in [2.05, 4.69) is 79.7 Å². The first kappa shape index (κ1) is 11.5. The lowest BCUT2D eigenvalue weighted by molar-refractivity contribution is 0.978. The fourth-order valence-corrected chi connectivity index (χ4v) is 3.37. The highest BCUT2D eigenvalue weighted by Gasteiger charge is 2.24. The Balaban J connectivity index is 1.97. The number of hydrogen-bond acceptors (Lipinski definition) is 0. The molecule has 0 saturated heterocycles. The van der Waals surface area contributed by atoms with Crippen LogP contribution in [0.2, 0.25) is 0 Å². The number of hydrogen-bond donors (Lipinski definition) is 0. The van der Waals surface area contributed by atoms with Crippen LogP contribution in [0.3, 0.4) is 0 Å². The Morgan fingerprint density at radius 1 is 0.750 bits per heavy atom. The number of benzene rings is 3. The molecule has 0 N–H and O–H groups in total. The lowest BCUT2D eigenvalue weighted by Gasteiger charge is -2.15. The van der Waals surface area contributed by atoms with Gasteiger partial charge in [-0.3, -0.25) is 0 Å². The summed E-state index contributed by atoms with van der Waals surface area (Å²) in [6.07, 6.45) is 2.36. The van der Waals surface area contributed by atoms with E-state index in [-0.39, 0.29) is 0 Å². The fourth-order valence-electron chi connectivity index (χ4n) is 3.37. The second kappa shape index (κ2) is 4.35. The van der Waals surface area contributed by atoms with Gasteiger partial charge in [0.25, 0.3) is 0 Å². The predicted molar refractivity (Wildman–Crippen MR) is 85.9 cm³/mol. The van der Waals surface area contributed by atoms with E-state index in [4.69, 9.17) is 0 Å². The van der Waals surface area contributed by atoms with Crippen LogP contribution in [-0.2, 0) is 0 Å². The van der Waals surface area contributed by atoms with Crippen LogP contribution < -0.4 is 0 Å². The molecule has 96 valence electrons. The standard InChI is InChI=1S/C20H16/c1-14-13-19-17-10-6-5-7-15(17)11-12-18(19)20(14)16-8-3-2-4-9-16/h2-13,20H,1H3. The van der Waals surface area contributed by atoms with Gasteiger partial charge in [-0.2, -0.15) is 0 Å². The highest BCUT2D eigenvalue weighted by atomic mass is 14.3. The third-order valence-corrected chi connectivity index (χ3v) is 4.28. The Morgan fingerprint density at radius 2 is 1.50 bits per heavy atom. The molecule has 0 aliphatic heterocycles. The van der Waals surface area contributed by atoms with E-state index in [1.807, 2.05) is 0 Å². The van der Waals surface area contributed by atoms with Gasteiger partial charge in [-0.25, -0.2) is 0 Å². The van der Waals surface area contributed by atoms with Crippen LogP contribution in [0.1, 0.15) is 29.5 Å². The molecule has 1 aliphatic carbocycles. The first-order chi connectivity index (χ1) is 9.84. The van der Waals surface area contributed by atoms with Crippen LogP contribution in [0.25, 0.3) is 16.8 Å². The van der Waals surface area contributed by atoms with Crippen molar-refractivity contribution in [3.05, 3.63) is 89.0 Å². The first-order valence-electron chi connectivity index (χ1n) is 7.09. The Bertz CT molecular complexity index is 810. The Kier molecular flexibility index (Phi) is 2.50. The van der Waals surface area contributed by atoms with Crippen molar-refractivity contribution >= 4 is 16.8 Å². The molecule has 0 spiro atoms. The van der Waals surface area contributed by atoms with E-state index in [0.717, 1.165) is 0 Å². The van der Waals surface area contributed by atoms with Gasteiger partial charge in [-0.15, -0.1) is 0 Å². The zero-order valence-electron chi connectivity index (χ0n) is 11.5. The molecule has 0 heterocycles. The average molecular weight is 256 g/mol. The summed E-state index contributed by atoms with van der Waals surface area (Å²) in [6.45, 7) is 2.24. The highest BCUT2D eigenvalue weighted by Crippen LogP contribution is 2.43. The van der Waals surface area contributed by atoms with Gasteiger partial charge in [0, 0.05) is 5.92 Å². The van der Waals surface area contributed by atoms with Gasteiger partial charge in [-0.05, 0) is 34.4 Å². The van der Waals surface area contributed by atoms with Gasteiger partial charge in [0.2, 0.25) is 0 Å². The summed E-state index contributed by atoms with van der Waals surface area (Å²) < 4.78 is 0. The second-order valence-corrected chi connectivity index (χ2v) is 5.52. The molecule has 4 rings (SSSR count). The van der Waals surface area contributed by atoms with Gasteiger partial charge < -0.3 is 0 Å². The molecule has 1 atom stereocenters. The maximum atomic E-state index is 2.36. The molecular weight excluding hydrogens is 240 g/mol. The second-order valence-electron chi connectivity index (χ2n) is 5.52. The van der Waals surface area contributed by atoms with Gasteiger partial charge >= 0.3 is 0 Å². The van der Waals surface area contributed by atoms with Crippen LogP contribution in [0, 0.1) is 0 Å². The summed E-state index contributed by atoms with van der Waals surface area (Å²) in [7, 11) is 0. The molecule has 1 unspecified atom stereocenters. The molecule has 0 bridgehead atoms. The zero-order chi connectivity index (χ0) is 13.5. The van der Waals surface area contributed by atoms with E-state index >= 15 is 0 Å². The van der Waals surface area contributed by atoms with Crippen LogP contribution in [0.15, 0.2) is 72.3 Å². The zero-order valence-corrected chi connectivity index (χ0v) is 11.5. The molecule has 0 saturated carbocycles. The molecule has 0 radical (unpaired) electrons. The fraction of sp³-hybridized carbons (Fsp3) is 0.100. The summed E-state index contributed by atoms with van der Waals surface area (Å²) in [6, 6.07) is 24.0. The molecule has 0 amide bonds. The Morgan fingerprint density at radius 3 is 2.35 bits per heavy atom. The summed E-state index contributed by atoms with van der Waals surface area (Å²) in [5, 5.41) is 2.69.